The Labute approximate surface area is 71.0 Å². The maximum atomic E-state index is 11.9. The van der Waals surface area contributed by atoms with E-state index in [2.05, 4.69) is 0 Å². The van der Waals surface area contributed by atoms with Gasteiger partial charge in [0, 0.05) is 0 Å². The highest BCUT2D eigenvalue weighted by molar-refractivity contribution is 5.13. The third-order valence-electron chi connectivity index (χ3n) is 1.03. The number of allylic oxidation sites excluding steroid dienone is 2. The fourth-order valence-corrected chi connectivity index (χ4v) is 0.370. The monoisotopic (exact) mass is 232 g/mol. The number of halogens is 9. The zero-order valence-electron chi connectivity index (χ0n) is 5.98. The van der Waals surface area contributed by atoms with Crippen LogP contribution in [-0.2, 0) is 0 Å². The summed E-state index contributed by atoms with van der Waals surface area (Å²) in [6, 6.07) is 0. The second kappa shape index (κ2) is 3.70. The van der Waals surface area contributed by atoms with Gasteiger partial charge in [-0.15, -0.1) is 0 Å². The minimum absolute atomic E-state index is 3.42. The lowest BCUT2D eigenvalue weighted by Gasteiger charge is -2.17. The van der Waals surface area contributed by atoms with Crippen molar-refractivity contribution in [3.05, 3.63) is 11.7 Å². The summed E-state index contributed by atoms with van der Waals surface area (Å²) in [5.41, 5.74) is 0. The van der Waals surface area contributed by atoms with E-state index in [1.54, 1.807) is 0 Å². The zero-order valence-corrected chi connectivity index (χ0v) is 5.98. The number of rotatable bonds is 2. The Bertz CT molecular complexity index is 234. The van der Waals surface area contributed by atoms with Crippen LogP contribution in [0.4, 0.5) is 39.5 Å². The third kappa shape index (κ3) is 2.32. The predicted molar refractivity (Wildman–Crippen MR) is 26.2 cm³/mol. The van der Waals surface area contributed by atoms with Crippen LogP contribution in [0.25, 0.3) is 0 Å². The van der Waals surface area contributed by atoms with E-state index in [1.807, 2.05) is 0 Å². The van der Waals surface area contributed by atoms with Crippen LogP contribution in [0.1, 0.15) is 0 Å². The molecule has 0 unspecified atom stereocenters. The molecule has 0 aromatic heterocycles. The molecule has 0 amide bonds. The molecule has 0 aliphatic heterocycles. The van der Waals surface area contributed by atoms with Crippen LogP contribution in [0.15, 0.2) is 11.7 Å². The smallest absolute Gasteiger partial charge is 0.202 e. The molecule has 0 aromatic carbocycles. The highest BCUT2D eigenvalue weighted by Gasteiger charge is 2.62. The van der Waals surface area contributed by atoms with Crippen molar-refractivity contribution in [3.63, 3.8) is 0 Å². The molecule has 14 heavy (non-hydrogen) atoms. The first-order valence-electron chi connectivity index (χ1n) is 2.80. The predicted octanol–water partition coefficient (Wildman–Crippen LogP) is 3.60. The quantitative estimate of drug-likeness (QED) is 0.638. The molecule has 0 nitrogen and oxygen atoms in total. The van der Waals surface area contributed by atoms with Crippen molar-refractivity contribution in [1.29, 1.82) is 0 Å². The summed E-state index contributed by atoms with van der Waals surface area (Å²) in [6.07, 6.45) is -10.8. The van der Waals surface area contributed by atoms with E-state index < -0.39 is 30.2 Å². The Hall–Kier alpha value is -0.890. The molecule has 0 radical (unpaired) electrons. The number of hydrogen-bond acceptors (Lipinski definition) is 0. The topological polar surface area (TPSA) is 0 Å². The molecule has 0 atom stereocenters. The molecule has 0 aromatic rings. The lowest BCUT2D eigenvalue weighted by atomic mass is 10.2. The Morgan fingerprint density at radius 2 is 1.21 bits per heavy atom. The van der Waals surface area contributed by atoms with E-state index in [-0.39, 0.29) is 0 Å². The second-order valence-corrected chi connectivity index (χ2v) is 2.03. The highest BCUT2D eigenvalue weighted by Crippen LogP contribution is 2.43. The summed E-state index contributed by atoms with van der Waals surface area (Å²) in [4.78, 5) is 0. The average molecular weight is 232 g/mol. The van der Waals surface area contributed by atoms with Crippen molar-refractivity contribution in [2.75, 3.05) is 0 Å². The first-order valence-corrected chi connectivity index (χ1v) is 2.80. The van der Waals surface area contributed by atoms with Gasteiger partial charge in [-0.05, 0) is 0 Å². The van der Waals surface area contributed by atoms with Gasteiger partial charge in [0.2, 0.25) is 11.7 Å². The van der Waals surface area contributed by atoms with Crippen molar-refractivity contribution >= 4 is 0 Å². The molecule has 0 fully saturated rings. The summed E-state index contributed by atoms with van der Waals surface area (Å²) in [5.74, 6) is -13.5. The Morgan fingerprint density at radius 1 is 0.857 bits per heavy atom. The average Bonchev–Trinajstić information content (AvgIpc) is 1.99. The molecule has 0 bridgehead atoms. The zero-order chi connectivity index (χ0) is 11.7. The Balaban J connectivity index is 5.22. The fourth-order valence-electron chi connectivity index (χ4n) is 0.370. The van der Waals surface area contributed by atoms with Gasteiger partial charge in [0.25, 0.3) is 6.43 Å². The number of hydrogen-bond donors (Lipinski definition) is 0. The van der Waals surface area contributed by atoms with Crippen molar-refractivity contribution < 1.29 is 39.5 Å². The van der Waals surface area contributed by atoms with Crippen molar-refractivity contribution in [2.45, 2.75) is 18.5 Å². The lowest BCUT2D eigenvalue weighted by Crippen LogP contribution is -2.37. The van der Waals surface area contributed by atoms with Crippen LogP contribution in [0.2, 0.25) is 0 Å². The van der Waals surface area contributed by atoms with E-state index in [9.17, 15) is 39.5 Å². The molecule has 0 aliphatic rings. The Kier molecular flexibility index (Phi) is 3.46. The summed E-state index contributed by atoms with van der Waals surface area (Å²) in [7, 11) is 0. The molecule has 0 rings (SSSR count). The molecule has 0 spiro atoms. The molecular formula is C5HF9. The van der Waals surface area contributed by atoms with Gasteiger partial charge in [-0.25, -0.2) is 17.6 Å². The first-order chi connectivity index (χ1) is 6.01. The summed E-state index contributed by atoms with van der Waals surface area (Å²) in [6.45, 7) is 0. The second-order valence-electron chi connectivity index (χ2n) is 2.03. The highest BCUT2D eigenvalue weighted by atomic mass is 19.4. The van der Waals surface area contributed by atoms with E-state index in [4.69, 9.17) is 0 Å². The molecule has 9 heteroatoms. The number of alkyl halides is 7. The summed E-state index contributed by atoms with van der Waals surface area (Å²) < 4.78 is 103. The van der Waals surface area contributed by atoms with E-state index in [0.717, 1.165) is 0 Å². The van der Waals surface area contributed by atoms with Gasteiger partial charge in [0.1, 0.15) is 0 Å². The van der Waals surface area contributed by atoms with Crippen LogP contribution in [-0.4, -0.2) is 18.5 Å². The maximum absolute atomic E-state index is 11.9. The van der Waals surface area contributed by atoms with E-state index >= 15 is 0 Å². The van der Waals surface area contributed by atoms with Crippen molar-refractivity contribution in [1.82, 2.24) is 0 Å². The molecule has 0 saturated heterocycles. The molecule has 84 valence electrons. The van der Waals surface area contributed by atoms with Gasteiger partial charge < -0.3 is 0 Å². The molecule has 0 aliphatic carbocycles. The van der Waals surface area contributed by atoms with Crippen molar-refractivity contribution in [2.24, 2.45) is 0 Å². The maximum Gasteiger partial charge on any atom is 0.460 e. The van der Waals surface area contributed by atoms with Crippen LogP contribution < -0.4 is 0 Å². The van der Waals surface area contributed by atoms with Gasteiger partial charge in [0.15, 0.2) is 0 Å². The lowest BCUT2D eigenvalue weighted by molar-refractivity contribution is -0.271. The normalized spacial score (nSPS) is 15.9. The van der Waals surface area contributed by atoms with Crippen LogP contribution in [0, 0.1) is 0 Å². The summed E-state index contributed by atoms with van der Waals surface area (Å²) in [5, 5.41) is 0. The van der Waals surface area contributed by atoms with E-state index in [1.165, 1.54) is 0 Å². The largest absolute Gasteiger partial charge is 0.460 e. The molecule has 0 saturated carbocycles. The van der Waals surface area contributed by atoms with Gasteiger partial charge in [-0.1, -0.05) is 0 Å². The van der Waals surface area contributed by atoms with Crippen molar-refractivity contribution in [3.8, 4) is 0 Å². The fraction of sp³-hybridized carbons (Fsp3) is 0.600. The molecule has 0 heterocycles. The van der Waals surface area contributed by atoms with Crippen LogP contribution in [0.3, 0.4) is 0 Å². The van der Waals surface area contributed by atoms with E-state index in [0.29, 0.717) is 0 Å². The molecule has 0 N–H and O–H groups in total. The molecular weight excluding hydrogens is 231 g/mol. The minimum atomic E-state index is -6.46. The van der Waals surface area contributed by atoms with Gasteiger partial charge in [0.05, 0.1) is 0 Å². The summed E-state index contributed by atoms with van der Waals surface area (Å²) >= 11 is 0. The standard InChI is InChI=1S/C5HF9/c6-1(3(8)9)2(7)4(10,11)5(12,13)14/h3H/b2-1-. The SMILES string of the molecule is F/C(=C(\F)C(F)(F)C(F)(F)F)C(F)F. The Morgan fingerprint density at radius 3 is 1.43 bits per heavy atom. The van der Waals surface area contributed by atoms with Gasteiger partial charge in [-0.2, -0.15) is 22.0 Å². The van der Waals surface area contributed by atoms with Gasteiger partial charge >= 0.3 is 12.1 Å². The first kappa shape index (κ1) is 13.1. The van der Waals surface area contributed by atoms with Crippen LogP contribution in [0.5, 0.6) is 0 Å². The minimum Gasteiger partial charge on any atom is -0.202 e. The van der Waals surface area contributed by atoms with Crippen LogP contribution >= 0.6 is 0 Å². The van der Waals surface area contributed by atoms with Gasteiger partial charge in [-0.3, -0.25) is 0 Å². The third-order valence-corrected chi connectivity index (χ3v) is 1.03.